The lowest BCUT2D eigenvalue weighted by Gasteiger charge is -2.35. The lowest BCUT2D eigenvalue weighted by atomic mass is 10.2. The predicted octanol–water partition coefficient (Wildman–Crippen LogP) is 2.90. The van der Waals surface area contributed by atoms with E-state index in [-0.39, 0.29) is 36.2 Å². The molecule has 150 valence electrons. The van der Waals surface area contributed by atoms with Gasteiger partial charge in [0.05, 0.1) is 0 Å². The van der Waals surface area contributed by atoms with E-state index in [9.17, 15) is 4.79 Å². The van der Waals surface area contributed by atoms with E-state index in [1.165, 1.54) is 0 Å². The topological polar surface area (TPSA) is 80.0 Å². The van der Waals surface area contributed by atoms with Gasteiger partial charge in [0.1, 0.15) is 5.82 Å². The van der Waals surface area contributed by atoms with E-state index in [0.717, 1.165) is 44.2 Å². The number of halogens is 3. The van der Waals surface area contributed by atoms with E-state index in [4.69, 9.17) is 11.6 Å². The number of piperazine rings is 1. The Kier molecular flexibility index (Phi) is 12.0. The summed E-state index contributed by atoms with van der Waals surface area (Å²) in [7, 11) is 0. The first-order valence-corrected chi connectivity index (χ1v) is 8.52. The molecule has 0 spiro atoms. The third-order valence-corrected chi connectivity index (χ3v) is 4.38. The summed E-state index contributed by atoms with van der Waals surface area (Å²) in [6.45, 7) is 4.55. The lowest BCUT2D eigenvalue weighted by molar-refractivity contribution is -0.116. The first kappa shape index (κ1) is 25.4. The van der Waals surface area contributed by atoms with Crippen molar-refractivity contribution in [2.45, 2.75) is 6.42 Å². The molecule has 0 saturated carbocycles. The molecule has 1 aromatic heterocycles. The van der Waals surface area contributed by atoms with Crippen LogP contribution in [0.1, 0.15) is 6.42 Å². The highest BCUT2D eigenvalue weighted by atomic mass is 35.5. The number of nitrogens with one attached hydrogen (secondary N) is 1. The van der Waals surface area contributed by atoms with Crippen molar-refractivity contribution in [1.29, 1.82) is 0 Å². The molecule has 2 aromatic rings. The van der Waals surface area contributed by atoms with E-state index in [1.54, 1.807) is 12.1 Å². The zero-order valence-corrected chi connectivity index (χ0v) is 17.2. The fourth-order valence-electron chi connectivity index (χ4n) is 2.76. The molecule has 27 heavy (non-hydrogen) atoms. The number of hydrogen-bond acceptors (Lipinski definition) is 4. The second-order valence-electron chi connectivity index (χ2n) is 5.82. The zero-order valence-electron chi connectivity index (χ0n) is 14.8. The van der Waals surface area contributed by atoms with Gasteiger partial charge in [-0.25, -0.2) is 4.98 Å². The number of nitrogens with zero attached hydrogens (tertiary/aromatic N) is 3. The zero-order chi connectivity index (χ0) is 16.8. The molecule has 0 radical (unpaired) electrons. The van der Waals surface area contributed by atoms with Gasteiger partial charge < -0.3 is 15.7 Å². The number of aromatic nitrogens is 1. The van der Waals surface area contributed by atoms with Crippen LogP contribution in [-0.2, 0) is 4.79 Å². The summed E-state index contributed by atoms with van der Waals surface area (Å²) in [5.74, 6) is 1.06. The largest absolute Gasteiger partial charge is 0.412 e. The summed E-state index contributed by atoms with van der Waals surface area (Å²) >= 11 is 5.84. The van der Waals surface area contributed by atoms with Crippen molar-refractivity contribution >= 4 is 53.8 Å². The monoisotopic (exact) mass is 434 g/mol. The van der Waals surface area contributed by atoms with Crippen LogP contribution in [0.25, 0.3) is 0 Å². The number of benzene rings is 1. The van der Waals surface area contributed by atoms with Crippen LogP contribution in [0.3, 0.4) is 0 Å². The molecule has 6 nitrogen and oxygen atoms in total. The fourth-order valence-corrected chi connectivity index (χ4v) is 2.88. The number of rotatable bonds is 5. The molecule has 2 heterocycles. The SMILES string of the molecule is Cl.Cl.O.O=C(CCN1CCN(c2ccccn2)CC1)Nc1ccc(Cl)cc1. The van der Waals surface area contributed by atoms with Crippen molar-refractivity contribution < 1.29 is 10.3 Å². The molecule has 0 bridgehead atoms. The quantitative estimate of drug-likeness (QED) is 0.783. The summed E-state index contributed by atoms with van der Waals surface area (Å²) in [4.78, 5) is 21.0. The Hall–Kier alpha value is -1.57. The maximum Gasteiger partial charge on any atom is 0.225 e. The van der Waals surface area contributed by atoms with E-state index in [1.807, 2.05) is 36.5 Å². The van der Waals surface area contributed by atoms with Gasteiger partial charge in [0.15, 0.2) is 0 Å². The van der Waals surface area contributed by atoms with Crippen molar-refractivity contribution in [2.24, 2.45) is 0 Å². The first-order valence-electron chi connectivity index (χ1n) is 8.14. The Morgan fingerprint density at radius 3 is 2.30 bits per heavy atom. The molecule has 1 amide bonds. The fraction of sp³-hybridized carbons (Fsp3) is 0.333. The molecule has 3 rings (SSSR count). The van der Waals surface area contributed by atoms with Gasteiger partial charge in [-0.2, -0.15) is 0 Å². The van der Waals surface area contributed by atoms with Crippen LogP contribution in [-0.4, -0.2) is 54.0 Å². The number of amides is 1. The minimum Gasteiger partial charge on any atom is -0.412 e. The van der Waals surface area contributed by atoms with E-state index >= 15 is 0 Å². The molecule has 1 fully saturated rings. The van der Waals surface area contributed by atoms with E-state index in [2.05, 4.69) is 20.1 Å². The number of anilines is 2. The Morgan fingerprint density at radius 1 is 1.04 bits per heavy atom. The van der Waals surface area contributed by atoms with Crippen LogP contribution in [0.4, 0.5) is 11.5 Å². The summed E-state index contributed by atoms with van der Waals surface area (Å²) in [6, 6.07) is 13.1. The third-order valence-electron chi connectivity index (χ3n) is 4.13. The molecule has 9 heteroatoms. The average Bonchev–Trinajstić information content (AvgIpc) is 2.63. The standard InChI is InChI=1S/C18H21ClN4O.2ClH.H2O/c19-15-4-6-16(7-5-15)21-18(24)8-10-22-11-13-23(14-12-22)17-3-1-2-9-20-17;;;/h1-7,9H,8,10-14H2,(H,21,24);2*1H;1H2. The Balaban J connectivity index is 0.00000225. The van der Waals surface area contributed by atoms with E-state index in [0.29, 0.717) is 11.4 Å². The normalized spacial score (nSPS) is 13.6. The summed E-state index contributed by atoms with van der Waals surface area (Å²) < 4.78 is 0. The van der Waals surface area contributed by atoms with Gasteiger partial charge in [-0.3, -0.25) is 9.69 Å². The molecule has 0 unspecified atom stereocenters. The predicted molar refractivity (Wildman–Crippen MR) is 116 cm³/mol. The summed E-state index contributed by atoms with van der Waals surface area (Å²) in [5, 5.41) is 3.56. The maximum atomic E-state index is 12.0. The van der Waals surface area contributed by atoms with Crippen molar-refractivity contribution in [3.8, 4) is 0 Å². The van der Waals surface area contributed by atoms with Crippen LogP contribution in [0.5, 0.6) is 0 Å². The van der Waals surface area contributed by atoms with Crippen molar-refractivity contribution in [3.63, 3.8) is 0 Å². The number of pyridine rings is 1. The van der Waals surface area contributed by atoms with Crippen LogP contribution in [0.15, 0.2) is 48.7 Å². The van der Waals surface area contributed by atoms with Crippen LogP contribution < -0.4 is 10.2 Å². The Labute approximate surface area is 177 Å². The summed E-state index contributed by atoms with van der Waals surface area (Å²) in [5.41, 5.74) is 0.782. The summed E-state index contributed by atoms with van der Waals surface area (Å²) in [6.07, 6.45) is 2.31. The molecular formula is C18H25Cl3N4O2. The first-order chi connectivity index (χ1) is 11.7. The van der Waals surface area contributed by atoms with Gasteiger partial charge in [0.2, 0.25) is 5.91 Å². The van der Waals surface area contributed by atoms with Gasteiger partial charge >= 0.3 is 0 Å². The second-order valence-corrected chi connectivity index (χ2v) is 6.26. The number of carbonyl (C=O) groups excluding carboxylic acids is 1. The molecular weight excluding hydrogens is 411 g/mol. The van der Waals surface area contributed by atoms with Gasteiger partial charge in [-0.1, -0.05) is 17.7 Å². The number of hydrogen-bond donors (Lipinski definition) is 1. The van der Waals surface area contributed by atoms with Crippen LogP contribution in [0.2, 0.25) is 5.02 Å². The van der Waals surface area contributed by atoms with Gasteiger partial charge in [0, 0.05) is 56.1 Å². The number of carbonyl (C=O) groups is 1. The van der Waals surface area contributed by atoms with E-state index < -0.39 is 0 Å². The minimum atomic E-state index is 0. The van der Waals surface area contributed by atoms with Crippen molar-refractivity contribution in [1.82, 2.24) is 9.88 Å². The Bertz CT molecular complexity index is 666. The molecule has 0 aliphatic carbocycles. The lowest BCUT2D eigenvalue weighted by Crippen LogP contribution is -2.47. The molecule has 0 atom stereocenters. The van der Waals surface area contributed by atoms with Crippen LogP contribution >= 0.6 is 36.4 Å². The van der Waals surface area contributed by atoms with Gasteiger partial charge in [-0.15, -0.1) is 24.8 Å². The third kappa shape index (κ3) is 7.91. The van der Waals surface area contributed by atoms with Crippen molar-refractivity contribution in [2.75, 3.05) is 42.9 Å². The molecule has 1 aromatic carbocycles. The highest BCUT2D eigenvalue weighted by Crippen LogP contribution is 2.14. The molecule has 1 saturated heterocycles. The van der Waals surface area contributed by atoms with Crippen molar-refractivity contribution in [3.05, 3.63) is 53.7 Å². The Morgan fingerprint density at radius 2 is 1.70 bits per heavy atom. The van der Waals surface area contributed by atoms with Gasteiger partial charge in [0.25, 0.3) is 0 Å². The maximum absolute atomic E-state index is 12.0. The second kappa shape index (κ2) is 12.8. The molecule has 1 aliphatic heterocycles. The van der Waals surface area contributed by atoms with Gasteiger partial charge in [-0.05, 0) is 36.4 Å². The smallest absolute Gasteiger partial charge is 0.225 e. The molecule has 3 N–H and O–H groups in total. The highest BCUT2D eigenvalue weighted by molar-refractivity contribution is 6.30. The minimum absolute atomic E-state index is 0. The average molecular weight is 436 g/mol. The highest BCUT2D eigenvalue weighted by Gasteiger charge is 2.18. The van der Waals surface area contributed by atoms with Crippen LogP contribution in [0, 0.1) is 0 Å². The molecule has 1 aliphatic rings.